The van der Waals surface area contributed by atoms with E-state index in [1.807, 2.05) is 25.7 Å². The fourth-order valence-corrected chi connectivity index (χ4v) is 4.03. The van der Waals surface area contributed by atoms with Crippen LogP contribution in [0.25, 0.3) is 0 Å². The van der Waals surface area contributed by atoms with Gasteiger partial charge in [0.25, 0.3) is 5.69 Å². The van der Waals surface area contributed by atoms with Crippen LogP contribution in [-0.2, 0) is 4.74 Å². The lowest BCUT2D eigenvalue weighted by Gasteiger charge is -2.39. The van der Waals surface area contributed by atoms with Crippen molar-refractivity contribution in [1.82, 2.24) is 9.80 Å². The van der Waals surface area contributed by atoms with Gasteiger partial charge in [0.1, 0.15) is 5.60 Å². The molecule has 0 aliphatic carbocycles. The Kier molecular flexibility index (Phi) is 6.80. The third-order valence-electron chi connectivity index (χ3n) is 5.64. The highest BCUT2D eigenvalue weighted by atomic mass is 19.1. The minimum atomic E-state index is -0.582. The summed E-state index contributed by atoms with van der Waals surface area (Å²) < 4.78 is 19.7. The first kappa shape index (κ1) is 22.3. The topological polar surface area (TPSA) is 79.2 Å². The summed E-state index contributed by atoms with van der Waals surface area (Å²) in [4.78, 5) is 28.5. The predicted octanol–water partition coefficient (Wildman–Crippen LogP) is 3.50. The van der Waals surface area contributed by atoms with Gasteiger partial charge in [-0.15, -0.1) is 0 Å². The molecule has 0 aromatic heterocycles. The van der Waals surface area contributed by atoms with Gasteiger partial charge in [0.2, 0.25) is 0 Å². The first-order valence-corrected chi connectivity index (χ1v) is 10.5. The van der Waals surface area contributed by atoms with Gasteiger partial charge in [0, 0.05) is 51.9 Å². The molecule has 0 atom stereocenters. The number of piperazine rings is 1. The molecule has 0 N–H and O–H groups in total. The third kappa shape index (κ3) is 5.81. The molecule has 9 heteroatoms. The number of benzene rings is 1. The highest BCUT2D eigenvalue weighted by Gasteiger charge is 2.28. The van der Waals surface area contributed by atoms with Crippen LogP contribution in [0.2, 0.25) is 0 Å². The van der Waals surface area contributed by atoms with Gasteiger partial charge in [-0.05, 0) is 45.6 Å². The number of carbonyl (C=O) groups is 1. The minimum Gasteiger partial charge on any atom is -0.444 e. The summed E-state index contributed by atoms with van der Waals surface area (Å²) in [6.07, 6.45) is 1.64. The van der Waals surface area contributed by atoms with Gasteiger partial charge in [-0.2, -0.15) is 0 Å². The Morgan fingerprint density at radius 1 is 1.17 bits per heavy atom. The van der Waals surface area contributed by atoms with Crippen molar-refractivity contribution in [3.8, 4) is 0 Å². The zero-order valence-electron chi connectivity index (χ0n) is 18.0. The molecule has 0 spiro atoms. The first-order chi connectivity index (χ1) is 14.1. The number of ether oxygens (including phenoxy) is 1. The molecule has 0 bridgehead atoms. The minimum absolute atomic E-state index is 0.225. The fourth-order valence-electron chi connectivity index (χ4n) is 4.03. The standard InChI is InChI=1S/C21H31FN4O4/c1-21(2,3)30-20(27)25-12-10-23(11-13-25)15-16-6-8-24(9-7-16)19-5-4-17(26(28)29)14-18(19)22/h4-5,14,16H,6-13,15H2,1-3H3. The van der Waals surface area contributed by atoms with E-state index in [1.54, 1.807) is 4.90 Å². The van der Waals surface area contributed by atoms with Gasteiger partial charge < -0.3 is 14.5 Å². The average molecular weight is 423 g/mol. The van der Waals surface area contributed by atoms with Crippen molar-refractivity contribution in [2.24, 2.45) is 5.92 Å². The number of nitro groups is 1. The van der Waals surface area contributed by atoms with Gasteiger partial charge in [-0.1, -0.05) is 0 Å². The van der Waals surface area contributed by atoms with E-state index in [1.165, 1.54) is 12.1 Å². The molecular weight excluding hydrogens is 391 g/mol. The number of nitro benzene ring substituents is 1. The quantitative estimate of drug-likeness (QED) is 0.546. The summed E-state index contributed by atoms with van der Waals surface area (Å²) >= 11 is 0. The Labute approximate surface area is 176 Å². The zero-order valence-corrected chi connectivity index (χ0v) is 18.0. The number of carbonyl (C=O) groups excluding carboxylic acids is 1. The maximum Gasteiger partial charge on any atom is 0.410 e. The largest absolute Gasteiger partial charge is 0.444 e. The van der Waals surface area contributed by atoms with Crippen molar-refractivity contribution in [3.63, 3.8) is 0 Å². The molecule has 166 valence electrons. The normalized spacial score (nSPS) is 19.1. The lowest BCUT2D eigenvalue weighted by molar-refractivity contribution is -0.385. The van der Waals surface area contributed by atoms with E-state index in [0.717, 1.165) is 51.6 Å². The first-order valence-electron chi connectivity index (χ1n) is 10.5. The van der Waals surface area contributed by atoms with Crippen molar-refractivity contribution in [1.29, 1.82) is 0 Å². The molecule has 1 aromatic carbocycles. The summed E-state index contributed by atoms with van der Waals surface area (Å²) in [7, 11) is 0. The second-order valence-corrected chi connectivity index (χ2v) is 9.09. The van der Waals surface area contributed by atoms with Crippen LogP contribution >= 0.6 is 0 Å². The highest BCUT2D eigenvalue weighted by molar-refractivity contribution is 5.68. The fraction of sp³-hybridized carbons (Fsp3) is 0.667. The zero-order chi connectivity index (χ0) is 21.9. The summed E-state index contributed by atoms with van der Waals surface area (Å²) in [5.41, 5.74) is -0.271. The van der Waals surface area contributed by atoms with Crippen molar-refractivity contribution in [2.45, 2.75) is 39.2 Å². The van der Waals surface area contributed by atoms with Crippen LogP contribution in [0.5, 0.6) is 0 Å². The van der Waals surface area contributed by atoms with Gasteiger partial charge in [-0.25, -0.2) is 9.18 Å². The van der Waals surface area contributed by atoms with E-state index in [0.29, 0.717) is 24.7 Å². The SMILES string of the molecule is CC(C)(C)OC(=O)N1CCN(CC2CCN(c3ccc([N+](=O)[O-])cc3F)CC2)CC1. The number of piperidine rings is 1. The van der Waals surface area contributed by atoms with Crippen LogP contribution < -0.4 is 4.90 Å². The number of halogens is 1. The van der Waals surface area contributed by atoms with Crippen molar-refractivity contribution in [2.75, 3.05) is 50.7 Å². The Balaban J connectivity index is 1.44. The second-order valence-electron chi connectivity index (χ2n) is 9.09. The molecule has 0 unspecified atom stereocenters. The van der Waals surface area contributed by atoms with Crippen molar-refractivity contribution < 1.29 is 18.8 Å². The molecule has 30 heavy (non-hydrogen) atoms. The molecule has 3 rings (SSSR count). The molecule has 1 aromatic rings. The molecule has 0 radical (unpaired) electrons. The van der Waals surface area contributed by atoms with E-state index in [9.17, 15) is 19.3 Å². The number of hydrogen-bond donors (Lipinski definition) is 0. The lowest BCUT2D eigenvalue weighted by atomic mass is 9.95. The van der Waals surface area contributed by atoms with Crippen LogP contribution in [0.15, 0.2) is 18.2 Å². The van der Waals surface area contributed by atoms with Gasteiger partial charge in [-0.3, -0.25) is 15.0 Å². The monoisotopic (exact) mass is 422 g/mol. The maximum atomic E-state index is 14.3. The number of nitrogens with zero attached hydrogens (tertiary/aromatic N) is 4. The Morgan fingerprint density at radius 2 is 1.80 bits per heavy atom. The summed E-state index contributed by atoms with van der Waals surface area (Å²) in [6.45, 7) is 11.0. The van der Waals surface area contributed by atoms with Crippen molar-refractivity contribution >= 4 is 17.5 Å². The van der Waals surface area contributed by atoms with Crippen LogP contribution in [0.4, 0.5) is 20.6 Å². The molecular formula is C21H31FN4O4. The van der Waals surface area contributed by atoms with Gasteiger partial charge in [0.05, 0.1) is 16.7 Å². The van der Waals surface area contributed by atoms with E-state index >= 15 is 0 Å². The van der Waals surface area contributed by atoms with Crippen LogP contribution in [0, 0.1) is 21.8 Å². The molecule has 2 heterocycles. The van der Waals surface area contributed by atoms with Crippen LogP contribution in [0.1, 0.15) is 33.6 Å². The molecule has 2 fully saturated rings. The van der Waals surface area contributed by atoms with Crippen LogP contribution in [0.3, 0.4) is 0 Å². The molecule has 2 saturated heterocycles. The highest BCUT2D eigenvalue weighted by Crippen LogP contribution is 2.28. The summed E-state index contributed by atoms with van der Waals surface area (Å²) in [6, 6.07) is 3.85. The maximum absolute atomic E-state index is 14.3. The second kappa shape index (κ2) is 9.16. The molecule has 1 amide bonds. The molecule has 2 aliphatic heterocycles. The summed E-state index contributed by atoms with van der Waals surface area (Å²) in [5, 5.41) is 10.8. The van der Waals surface area contributed by atoms with E-state index < -0.39 is 16.3 Å². The predicted molar refractivity (Wildman–Crippen MR) is 112 cm³/mol. The Hall–Kier alpha value is -2.42. The number of anilines is 1. The van der Waals surface area contributed by atoms with Crippen molar-refractivity contribution in [3.05, 3.63) is 34.1 Å². The van der Waals surface area contributed by atoms with Crippen LogP contribution in [-0.4, -0.2) is 72.2 Å². The summed E-state index contributed by atoms with van der Waals surface area (Å²) in [5.74, 6) is -0.0173. The van der Waals surface area contributed by atoms with Gasteiger partial charge in [0.15, 0.2) is 5.82 Å². The smallest absolute Gasteiger partial charge is 0.410 e. The third-order valence-corrected chi connectivity index (χ3v) is 5.64. The number of amides is 1. The number of rotatable bonds is 4. The van der Waals surface area contributed by atoms with E-state index in [2.05, 4.69) is 4.90 Å². The van der Waals surface area contributed by atoms with E-state index in [4.69, 9.17) is 4.74 Å². The number of hydrogen-bond acceptors (Lipinski definition) is 6. The molecule has 2 aliphatic rings. The Bertz CT molecular complexity index is 767. The molecule has 0 saturated carbocycles. The lowest BCUT2D eigenvalue weighted by Crippen LogP contribution is -2.51. The average Bonchev–Trinajstić information content (AvgIpc) is 2.68. The number of non-ortho nitro benzene ring substituents is 1. The van der Waals surface area contributed by atoms with Gasteiger partial charge >= 0.3 is 6.09 Å². The Morgan fingerprint density at radius 3 is 2.33 bits per heavy atom. The van der Waals surface area contributed by atoms with E-state index in [-0.39, 0.29) is 11.8 Å². The molecule has 8 nitrogen and oxygen atoms in total.